The summed E-state index contributed by atoms with van der Waals surface area (Å²) in [6, 6.07) is 7.98. The van der Waals surface area contributed by atoms with Gasteiger partial charge in [-0.1, -0.05) is 37.6 Å². The molecule has 3 N–H and O–H groups in total. The summed E-state index contributed by atoms with van der Waals surface area (Å²) in [7, 11) is 0. The Hall–Kier alpha value is -1.06. The van der Waals surface area contributed by atoms with E-state index in [-0.39, 0.29) is 30.4 Å². The van der Waals surface area contributed by atoms with Crippen LogP contribution in [0.4, 0.5) is 0 Å². The van der Waals surface area contributed by atoms with Gasteiger partial charge in [0.2, 0.25) is 5.91 Å². The Morgan fingerprint density at radius 1 is 1.37 bits per heavy atom. The molecule has 3 nitrogen and oxygen atoms in total. The molecule has 0 aliphatic rings. The van der Waals surface area contributed by atoms with Gasteiger partial charge >= 0.3 is 0 Å². The van der Waals surface area contributed by atoms with Gasteiger partial charge in [0.15, 0.2) is 0 Å². The van der Waals surface area contributed by atoms with E-state index < -0.39 is 0 Å². The molecule has 0 heterocycles. The van der Waals surface area contributed by atoms with Crippen molar-refractivity contribution in [1.82, 2.24) is 5.32 Å². The smallest absolute Gasteiger partial charge is 0.237 e. The fourth-order valence-electron chi connectivity index (χ4n) is 2.01. The zero-order valence-corrected chi connectivity index (χ0v) is 12.8. The predicted octanol–water partition coefficient (Wildman–Crippen LogP) is 2.59. The highest BCUT2D eigenvalue weighted by atomic mass is 35.5. The Bertz CT molecular complexity index is 395. The van der Waals surface area contributed by atoms with Crippen molar-refractivity contribution in [1.29, 1.82) is 0 Å². The summed E-state index contributed by atoms with van der Waals surface area (Å²) in [5.41, 5.74) is 8.32. The van der Waals surface area contributed by atoms with E-state index in [1.54, 1.807) is 0 Å². The topological polar surface area (TPSA) is 55.1 Å². The van der Waals surface area contributed by atoms with Crippen LogP contribution >= 0.6 is 12.4 Å². The third-order valence-electron chi connectivity index (χ3n) is 3.11. The Balaban J connectivity index is 0.00000324. The van der Waals surface area contributed by atoms with Crippen molar-refractivity contribution in [3.8, 4) is 0 Å². The fraction of sp³-hybridized carbons (Fsp3) is 0.533. The van der Waals surface area contributed by atoms with E-state index in [0.29, 0.717) is 0 Å². The van der Waals surface area contributed by atoms with Crippen LogP contribution in [0.2, 0.25) is 0 Å². The number of aryl methyl sites for hydroxylation is 1. The monoisotopic (exact) mass is 284 g/mol. The van der Waals surface area contributed by atoms with Gasteiger partial charge in [-0.25, -0.2) is 0 Å². The number of carbonyl (C=O) groups excluding carboxylic acids is 1. The molecule has 0 spiro atoms. The van der Waals surface area contributed by atoms with Gasteiger partial charge in [0.05, 0.1) is 6.04 Å². The molecule has 0 radical (unpaired) electrons. The average Bonchev–Trinajstić information content (AvgIpc) is 2.32. The molecule has 108 valence electrons. The maximum Gasteiger partial charge on any atom is 0.237 e. The van der Waals surface area contributed by atoms with Gasteiger partial charge in [0.25, 0.3) is 0 Å². The molecule has 0 aliphatic carbocycles. The zero-order valence-electron chi connectivity index (χ0n) is 12.0. The second-order valence-electron chi connectivity index (χ2n) is 4.94. The number of amides is 1. The summed E-state index contributed by atoms with van der Waals surface area (Å²) >= 11 is 0. The summed E-state index contributed by atoms with van der Waals surface area (Å²) in [5, 5.41) is 2.98. The number of benzene rings is 1. The van der Waals surface area contributed by atoms with Crippen LogP contribution in [0.25, 0.3) is 0 Å². The van der Waals surface area contributed by atoms with Crippen LogP contribution in [0, 0.1) is 6.92 Å². The molecule has 0 saturated heterocycles. The second kappa shape index (κ2) is 8.94. The molecule has 0 saturated carbocycles. The van der Waals surface area contributed by atoms with Crippen LogP contribution in [0.3, 0.4) is 0 Å². The van der Waals surface area contributed by atoms with Gasteiger partial charge in [0, 0.05) is 6.04 Å². The average molecular weight is 285 g/mol. The van der Waals surface area contributed by atoms with E-state index in [9.17, 15) is 4.79 Å². The Labute approximate surface area is 122 Å². The third-order valence-corrected chi connectivity index (χ3v) is 3.11. The third kappa shape index (κ3) is 6.08. The summed E-state index contributed by atoms with van der Waals surface area (Å²) in [4.78, 5) is 11.8. The van der Waals surface area contributed by atoms with Crippen LogP contribution in [0.15, 0.2) is 24.3 Å². The van der Waals surface area contributed by atoms with Gasteiger partial charge in [-0.3, -0.25) is 4.79 Å². The number of rotatable bonds is 6. The summed E-state index contributed by atoms with van der Waals surface area (Å²) in [6.45, 7) is 6.14. The molecule has 0 aliphatic heterocycles. The first-order chi connectivity index (χ1) is 8.54. The van der Waals surface area contributed by atoms with E-state index in [4.69, 9.17) is 5.73 Å². The summed E-state index contributed by atoms with van der Waals surface area (Å²) < 4.78 is 0. The molecule has 2 unspecified atom stereocenters. The molecule has 1 aromatic carbocycles. The van der Waals surface area contributed by atoms with E-state index in [2.05, 4.69) is 24.4 Å². The maximum atomic E-state index is 11.8. The van der Waals surface area contributed by atoms with Crippen molar-refractivity contribution in [2.45, 2.75) is 52.1 Å². The standard InChI is InChI=1S/C15H24N2O.ClH/c1-4-7-14(16)15(18)17-12(3)10-13-9-6-5-8-11(13)2;/h5-6,8-9,12,14H,4,7,10,16H2,1-3H3,(H,17,18);1H. The van der Waals surface area contributed by atoms with E-state index in [1.807, 2.05) is 26.0 Å². The first-order valence-corrected chi connectivity index (χ1v) is 6.65. The van der Waals surface area contributed by atoms with Gasteiger partial charge in [-0.05, 0) is 37.8 Å². The van der Waals surface area contributed by atoms with Crippen molar-refractivity contribution in [3.05, 3.63) is 35.4 Å². The molecule has 19 heavy (non-hydrogen) atoms. The molecule has 1 amide bonds. The van der Waals surface area contributed by atoms with Crippen LogP contribution < -0.4 is 11.1 Å². The Kier molecular flexibility index (Phi) is 8.44. The van der Waals surface area contributed by atoms with Crippen LogP contribution in [0.1, 0.15) is 37.8 Å². The quantitative estimate of drug-likeness (QED) is 0.844. The minimum absolute atomic E-state index is 0. The number of hydrogen-bond donors (Lipinski definition) is 2. The van der Waals surface area contributed by atoms with E-state index in [0.717, 1.165) is 19.3 Å². The number of carbonyl (C=O) groups is 1. The largest absolute Gasteiger partial charge is 0.352 e. The van der Waals surface area contributed by atoms with Crippen molar-refractivity contribution in [2.75, 3.05) is 0 Å². The number of nitrogens with two attached hydrogens (primary N) is 1. The SMILES string of the molecule is CCCC(N)C(=O)NC(C)Cc1ccccc1C.Cl. The van der Waals surface area contributed by atoms with Crippen molar-refractivity contribution < 1.29 is 4.79 Å². The van der Waals surface area contributed by atoms with Crippen LogP contribution in [-0.4, -0.2) is 18.0 Å². The van der Waals surface area contributed by atoms with Crippen LogP contribution in [-0.2, 0) is 11.2 Å². The highest BCUT2D eigenvalue weighted by molar-refractivity contribution is 5.85. The molecule has 4 heteroatoms. The molecule has 0 bridgehead atoms. The number of nitrogens with one attached hydrogen (secondary N) is 1. The Morgan fingerprint density at radius 3 is 2.58 bits per heavy atom. The van der Waals surface area contributed by atoms with Crippen molar-refractivity contribution in [2.24, 2.45) is 5.73 Å². The van der Waals surface area contributed by atoms with Crippen molar-refractivity contribution in [3.63, 3.8) is 0 Å². The fourth-order valence-corrected chi connectivity index (χ4v) is 2.01. The molecule has 1 aromatic rings. The first-order valence-electron chi connectivity index (χ1n) is 6.65. The molecular weight excluding hydrogens is 260 g/mol. The highest BCUT2D eigenvalue weighted by Gasteiger charge is 2.15. The highest BCUT2D eigenvalue weighted by Crippen LogP contribution is 2.09. The lowest BCUT2D eigenvalue weighted by atomic mass is 10.0. The van der Waals surface area contributed by atoms with Gasteiger partial charge < -0.3 is 11.1 Å². The van der Waals surface area contributed by atoms with E-state index >= 15 is 0 Å². The van der Waals surface area contributed by atoms with E-state index in [1.165, 1.54) is 11.1 Å². The molecule has 2 atom stereocenters. The summed E-state index contributed by atoms with van der Waals surface area (Å²) in [5.74, 6) is -0.0436. The molecule has 0 aromatic heterocycles. The van der Waals surface area contributed by atoms with Gasteiger partial charge in [0.1, 0.15) is 0 Å². The maximum absolute atomic E-state index is 11.8. The van der Waals surface area contributed by atoms with Gasteiger partial charge in [-0.15, -0.1) is 12.4 Å². The van der Waals surface area contributed by atoms with Crippen molar-refractivity contribution >= 4 is 18.3 Å². The zero-order chi connectivity index (χ0) is 13.5. The summed E-state index contributed by atoms with van der Waals surface area (Å²) in [6.07, 6.45) is 2.51. The first kappa shape index (κ1) is 17.9. The van der Waals surface area contributed by atoms with Gasteiger partial charge in [-0.2, -0.15) is 0 Å². The minimum atomic E-state index is -0.380. The minimum Gasteiger partial charge on any atom is -0.352 e. The predicted molar refractivity (Wildman–Crippen MR) is 82.6 cm³/mol. The normalized spacial score (nSPS) is 13.3. The lowest BCUT2D eigenvalue weighted by Crippen LogP contribution is -2.45. The number of hydrogen-bond acceptors (Lipinski definition) is 2. The van der Waals surface area contributed by atoms with Crippen LogP contribution in [0.5, 0.6) is 0 Å². The Morgan fingerprint density at radius 2 is 2.00 bits per heavy atom. The molecule has 0 fully saturated rings. The lowest BCUT2D eigenvalue weighted by Gasteiger charge is -2.18. The lowest BCUT2D eigenvalue weighted by molar-refractivity contribution is -0.123. The number of halogens is 1. The molecule has 1 rings (SSSR count). The molecular formula is C15H25ClN2O. The second-order valence-corrected chi connectivity index (χ2v) is 4.94.